The van der Waals surface area contributed by atoms with Crippen LogP contribution in [-0.4, -0.2) is 60.3 Å². The molecule has 2 atom stereocenters. The van der Waals surface area contributed by atoms with Crippen LogP contribution < -0.4 is 15.4 Å². The number of hydrogen-bond acceptors (Lipinski definition) is 6. The maximum absolute atomic E-state index is 13.5. The molecule has 0 radical (unpaired) electrons. The predicted molar refractivity (Wildman–Crippen MR) is 133 cm³/mol. The predicted octanol–water partition coefficient (Wildman–Crippen LogP) is 3.34. The van der Waals surface area contributed by atoms with Gasteiger partial charge in [-0.25, -0.2) is 4.79 Å². The van der Waals surface area contributed by atoms with Crippen LogP contribution in [0.3, 0.4) is 0 Å². The molecule has 3 N–H and O–H groups in total. The lowest BCUT2D eigenvalue weighted by molar-refractivity contribution is -0.139. The number of nitrogens with zero attached hydrogens (tertiary/aromatic N) is 1. The highest BCUT2D eigenvalue weighted by atomic mass is 16.6. The maximum Gasteiger partial charge on any atom is 0.408 e. The third-order valence-corrected chi connectivity index (χ3v) is 5.45. The lowest BCUT2D eigenvalue weighted by Gasteiger charge is -2.32. The highest BCUT2D eigenvalue weighted by Crippen LogP contribution is 2.27. The second-order valence-electron chi connectivity index (χ2n) is 9.24. The van der Waals surface area contributed by atoms with Crippen molar-refractivity contribution >= 4 is 23.6 Å². The van der Waals surface area contributed by atoms with Crippen molar-refractivity contribution in [3.05, 3.63) is 59.2 Å². The van der Waals surface area contributed by atoms with Crippen molar-refractivity contribution in [2.24, 2.45) is 0 Å². The van der Waals surface area contributed by atoms with E-state index in [0.29, 0.717) is 17.0 Å². The number of ether oxygens (including phenoxy) is 2. The minimum atomic E-state index is -1.30. The number of carbonyl (C=O) groups excluding carboxylic acids is 3. The fraction of sp³-hybridized carbons (Fsp3) is 0.423. The number of methoxy groups -OCH3 is 1. The van der Waals surface area contributed by atoms with Crippen LogP contribution in [0, 0.1) is 13.8 Å². The van der Waals surface area contributed by atoms with Gasteiger partial charge >= 0.3 is 6.09 Å². The third-order valence-electron chi connectivity index (χ3n) is 5.45. The number of aryl methyl sites for hydroxylation is 1. The van der Waals surface area contributed by atoms with Crippen LogP contribution in [0.2, 0.25) is 0 Å². The summed E-state index contributed by atoms with van der Waals surface area (Å²) in [5, 5.41) is 15.1. The number of aliphatic hydroxyl groups is 1. The molecule has 0 saturated carbocycles. The first-order valence-electron chi connectivity index (χ1n) is 11.3. The van der Waals surface area contributed by atoms with Gasteiger partial charge in [0.15, 0.2) is 0 Å². The highest BCUT2D eigenvalue weighted by Gasteiger charge is 2.34. The SMILES string of the molecule is COc1ccc(NC(=O)C(c2cccc(C)c2C)N(C)C(=O)C(CO)NC(=O)OC(C)(C)C)cc1. The van der Waals surface area contributed by atoms with Crippen molar-refractivity contribution in [2.75, 3.05) is 26.1 Å². The van der Waals surface area contributed by atoms with Crippen molar-refractivity contribution in [2.45, 2.75) is 52.3 Å². The van der Waals surface area contributed by atoms with E-state index in [-0.39, 0.29) is 0 Å². The summed E-state index contributed by atoms with van der Waals surface area (Å²) >= 11 is 0. The van der Waals surface area contributed by atoms with Gasteiger partial charge in [-0.15, -0.1) is 0 Å². The molecule has 0 aromatic heterocycles. The molecule has 35 heavy (non-hydrogen) atoms. The van der Waals surface area contributed by atoms with Gasteiger partial charge in [-0.05, 0) is 75.6 Å². The number of alkyl carbamates (subject to hydrolysis) is 1. The van der Waals surface area contributed by atoms with E-state index < -0.39 is 42.2 Å². The lowest BCUT2D eigenvalue weighted by Crippen LogP contribution is -2.52. The zero-order chi connectivity index (χ0) is 26.3. The lowest BCUT2D eigenvalue weighted by atomic mass is 9.95. The average molecular weight is 486 g/mol. The van der Waals surface area contributed by atoms with Gasteiger partial charge in [0.1, 0.15) is 23.4 Å². The first-order chi connectivity index (χ1) is 16.4. The van der Waals surface area contributed by atoms with Crippen LogP contribution in [0.4, 0.5) is 10.5 Å². The molecule has 2 aromatic rings. The summed E-state index contributed by atoms with van der Waals surface area (Å²) in [6.07, 6.45) is -0.843. The Bertz CT molecular complexity index is 1050. The van der Waals surface area contributed by atoms with Gasteiger partial charge in [-0.3, -0.25) is 9.59 Å². The molecule has 0 aliphatic carbocycles. The topological polar surface area (TPSA) is 117 Å². The Morgan fingerprint density at radius 2 is 1.69 bits per heavy atom. The Kier molecular flexibility index (Phi) is 9.25. The second-order valence-corrected chi connectivity index (χ2v) is 9.24. The van der Waals surface area contributed by atoms with Crippen LogP contribution >= 0.6 is 0 Å². The van der Waals surface area contributed by atoms with E-state index in [4.69, 9.17) is 9.47 Å². The minimum absolute atomic E-state index is 0.450. The van der Waals surface area contributed by atoms with E-state index in [1.807, 2.05) is 26.0 Å². The van der Waals surface area contributed by atoms with E-state index in [9.17, 15) is 19.5 Å². The summed E-state index contributed by atoms with van der Waals surface area (Å²) < 4.78 is 10.4. The van der Waals surface area contributed by atoms with E-state index in [1.54, 1.807) is 58.2 Å². The molecule has 0 saturated heterocycles. The normalized spacial score (nSPS) is 12.8. The maximum atomic E-state index is 13.5. The number of likely N-dealkylation sites (N-methyl/N-ethyl adjacent to an activating group) is 1. The van der Waals surface area contributed by atoms with Crippen LogP contribution in [-0.2, 0) is 14.3 Å². The van der Waals surface area contributed by atoms with E-state index in [2.05, 4.69) is 10.6 Å². The van der Waals surface area contributed by atoms with E-state index >= 15 is 0 Å². The summed E-state index contributed by atoms with van der Waals surface area (Å²) in [4.78, 5) is 40.3. The third kappa shape index (κ3) is 7.45. The summed E-state index contributed by atoms with van der Waals surface area (Å²) in [6, 6.07) is 9.99. The first-order valence-corrected chi connectivity index (χ1v) is 11.3. The largest absolute Gasteiger partial charge is 0.497 e. The fourth-order valence-corrected chi connectivity index (χ4v) is 3.49. The number of amides is 3. The van der Waals surface area contributed by atoms with Gasteiger partial charge < -0.3 is 30.1 Å². The number of hydrogen-bond donors (Lipinski definition) is 3. The van der Waals surface area contributed by atoms with Crippen LogP contribution in [0.25, 0.3) is 0 Å². The van der Waals surface area contributed by atoms with Crippen LogP contribution in [0.15, 0.2) is 42.5 Å². The molecule has 3 amide bonds. The van der Waals surface area contributed by atoms with E-state index in [0.717, 1.165) is 11.1 Å². The monoisotopic (exact) mass is 485 g/mol. The Morgan fingerprint density at radius 3 is 2.23 bits per heavy atom. The Balaban J connectivity index is 2.37. The van der Waals surface area contributed by atoms with Gasteiger partial charge in [-0.1, -0.05) is 18.2 Å². The Morgan fingerprint density at radius 1 is 1.06 bits per heavy atom. The van der Waals surface area contributed by atoms with E-state index in [1.165, 1.54) is 11.9 Å². The van der Waals surface area contributed by atoms with Gasteiger partial charge in [0.2, 0.25) is 5.91 Å². The number of benzene rings is 2. The molecule has 2 aromatic carbocycles. The molecule has 0 heterocycles. The van der Waals surface area contributed by atoms with Crippen LogP contribution in [0.5, 0.6) is 5.75 Å². The van der Waals surface area contributed by atoms with Gasteiger partial charge in [0.25, 0.3) is 5.91 Å². The fourth-order valence-electron chi connectivity index (χ4n) is 3.49. The Labute approximate surface area is 206 Å². The average Bonchev–Trinajstić information content (AvgIpc) is 2.79. The zero-order valence-electron chi connectivity index (χ0n) is 21.3. The van der Waals surface area contributed by atoms with Gasteiger partial charge in [0.05, 0.1) is 13.7 Å². The van der Waals surface area contributed by atoms with Crippen molar-refractivity contribution in [1.82, 2.24) is 10.2 Å². The molecule has 9 nitrogen and oxygen atoms in total. The number of aliphatic hydroxyl groups excluding tert-OH is 1. The second kappa shape index (κ2) is 11.7. The Hall–Kier alpha value is -3.59. The first kappa shape index (κ1) is 27.7. The molecule has 0 aliphatic rings. The van der Waals surface area contributed by atoms with Gasteiger partial charge in [-0.2, -0.15) is 0 Å². The molecule has 0 aliphatic heterocycles. The zero-order valence-corrected chi connectivity index (χ0v) is 21.3. The van der Waals surface area contributed by atoms with Crippen LogP contribution in [0.1, 0.15) is 43.5 Å². The quantitative estimate of drug-likeness (QED) is 0.528. The number of carbonyl (C=O) groups is 3. The van der Waals surface area contributed by atoms with Crippen molar-refractivity contribution in [1.29, 1.82) is 0 Å². The van der Waals surface area contributed by atoms with Crippen molar-refractivity contribution < 1.29 is 29.0 Å². The highest BCUT2D eigenvalue weighted by molar-refractivity contribution is 5.99. The van der Waals surface area contributed by atoms with Crippen molar-refractivity contribution in [3.8, 4) is 5.75 Å². The number of anilines is 1. The molecule has 0 fully saturated rings. The number of nitrogens with one attached hydrogen (secondary N) is 2. The summed E-state index contributed by atoms with van der Waals surface area (Å²) in [7, 11) is 3.01. The summed E-state index contributed by atoms with van der Waals surface area (Å²) in [6.45, 7) is 8.19. The minimum Gasteiger partial charge on any atom is -0.497 e. The molecule has 190 valence electrons. The molecule has 2 rings (SSSR count). The summed E-state index contributed by atoms with van der Waals surface area (Å²) in [5.74, 6) is -0.455. The smallest absolute Gasteiger partial charge is 0.408 e. The van der Waals surface area contributed by atoms with Gasteiger partial charge in [0, 0.05) is 12.7 Å². The standard InChI is InChI=1S/C26H35N3O6/c1-16-9-8-10-20(17(16)2)22(23(31)27-18-11-13-19(34-7)14-12-18)29(6)24(32)21(15-30)28-25(33)35-26(3,4)5/h8-14,21-22,30H,15H2,1-7H3,(H,27,31)(H,28,33). The molecular weight excluding hydrogens is 450 g/mol. The summed E-state index contributed by atoms with van der Waals surface area (Å²) in [5.41, 5.74) is 2.18. The molecular formula is C26H35N3O6. The molecule has 9 heteroatoms. The molecule has 0 spiro atoms. The molecule has 2 unspecified atom stereocenters. The molecule has 0 bridgehead atoms. The van der Waals surface area contributed by atoms with Crippen molar-refractivity contribution in [3.63, 3.8) is 0 Å². The number of rotatable bonds is 8.